The van der Waals surface area contributed by atoms with Crippen LogP contribution in [0.15, 0.2) is 62.9 Å². The number of fused-ring (bicyclic) bond motifs is 4. The van der Waals surface area contributed by atoms with Crippen LogP contribution in [0.25, 0.3) is 11.1 Å². The van der Waals surface area contributed by atoms with Crippen LogP contribution in [0.1, 0.15) is 18.0 Å². The van der Waals surface area contributed by atoms with Crippen molar-refractivity contribution in [3.63, 3.8) is 0 Å². The maximum Gasteiger partial charge on any atom is 0.252 e. The fourth-order valence-corrected chi connectivity index (χ4v) is 7.32. The largest absolute Gasteiger partial charge is 0.311 e. The van der Waals surface area contributed by atoms with Crippen molar-refractivity contribution in [2.75, 3.05) is 13.1 Å². The molecule has 2 aliphatic rings. The Morgan fingerprint density at radius 1 is 0.966 bits per heavy atom. The van der Waals surface area contributed by atoms with E-state index in [1.165, 1.54) is 27.8 Å². The topological polar surface area (TPSA) is 59.4 Å². The second-order valence-corrected chi connectivity index (χ2v) is 10.7. The van der Waals surface area contributed by atoms with Gasteiger partial charge in [0.15, 0.2) is 0 Å². The number of hydrogen-bond donors (Lipinski definition) is 0. The summed E-state index contributed by atoms with van der Waals surface area (Å²) in [6, 6.07) is 13.0. The minimum atomic E-state index is -3.57. The first-order valence-corrected chi connectivity index (χ1v) is 11.8. The quantitative estimate of drug-likeness (QED) is 0.639. The van der Waals surface area contributed by atoms with Crippen molar-refractivity contribution < 1.29 is 12.8 Å². The van der Waals surface area contributed by atoms with Gasteiger partial charge in [0, 0.05) is 48.4 Å². The number of thiophene rings is 1. The van der Waals surface area contributed by atoms with Crippen LogP contribution >= 0.6 is 11.3 Å². The molecule has 0 N–H and O–H groups in total. The third kappa shape index (κ3) is 3.06. The third-order valence-corrected chi connectivity index (χ3v) is 9.01. The Bertz CT molecular complexity index is 1240. The molecule has 3 aromatic rings. The molecule has 0 amide bonds. The first-order valence-electron chi connectivity index (χ1n) is 9.47. The van der Waals surface area contributed by atoms with Crippen molar-refractivity contribution >= 4 is 21.4 Å². The van der Waals surface area contributed by atoms with Gasteiger partial charge in [-0.25, -0.2) is 12.8 Å². The van der Waals surface area contributed by atoms with Crippen LogP contribution in [0.4, 0.5) is 4.39 Å². The highest BCUT2D eigenvalue weighted by Crippen LogP contribution is 2.41. The summed E-state index contributed by atoms with van der Waals surface area (Å²) < 4.78 is 44.3. The highest BCUT2D eigenvalue weighted by Gasteiger charge is 2.41. The number of hydrogen-bond acceptors (Lipinski definition) is 4. The number of benzene rings is 1. The number of piperidine rings is 1. The molecule has 2 aliphatic heterocycles. The molecular formula is C21H19FN2O3S2. The molecule has 150 valence electrons. The van der Waals surface area contributed by atoms with Crippen LogP contribution in [0.3, 0.4) is 0 Å². The van der Waals surface area contributed by atoms with Crippen LogP contribution in [0.2, 0.25) is 0 Å². The normalized spacial score (nSPS) is 21.7. The Hall–Kier alpha value is -2.29. The van der Waals surface area contributed by atoms with Crippen molar-refractivity contribution in [2.24, 2.45) is 5.92 Å². The van der Waals surface area contributed by atoms with Gasteiger partial charge in [0.2, 0.25) is 0 Å². The first kappa shape index (κ1) is 18.7. The summed E-state index contributed by atoms with van der Waals surface area (Å²) in [6.07, 6.45) is 0.793. The van der Waals surface area contributed by atoms with Gasteiger partial charge in [-0.1, -0.05) is 24.3 Å². The molecule has 5 nitrogen and oxygen atoms in total. The molecule has 29 heavy (non-hydrogen) atoms. The van der Waals surface area contributed by atoms with Crippen LogP contribution in [0, 0.1) is 11.7 Å². The molecule has 2 unspecified atom stereocenters. The van der Waals surface area contributed by atoms with E-state index >= 15 is 0 Å². The van der Waals surface area contributed by atoms with Crippen LogP contribution in [0.5, 0.6) is 0 Å². The molecule has 2 aromatic heterocycles. The van der Waals surface area contributed by atoms with E-state index in [9.17, 15) is 17.6 Å². The fraction of sp³-hybridized carbons (Fsp3) is 0.286. The molecule has 0 aliphatic carbocycles. The number of nitrogens with zero attached hydrogens (tertiary/aromatic N) is 2. The lowest BCUT2D eigenvalue weighted by molar-refractivity contribution is 0.187. The van der Waals surface area contributed by atoms with Crippen molar-refractivity contribution in [3.05, 3.63) is 75.8 Å². The number of aromatic nitrogens is 1. The lowest BCUT2D eigenvalue weighted by atomic mass is 9.81. The van der Waals surface area contributed by atoms with E-state index in [0.29, 0.717) is 35.0 Å². The Morgan fingerprint density at radius 2 is 1.79 bits per heavy atom. The van der Waals surface area contributed by atoms with Gasteiger partial charge in [-0.15, -0.1) is 11.3 Å². The minimum Gasteiger partial charge on any atom is -0.311 e. The van der Waals surface area contributed by atoms with E-state index in [-0.39, 0.29) is 23.2 Å². The summed E-state index contributed by atoms with van der Waals surface area (Å²) in [5.74, 6) is -0.444. The van der Waals surface area contributed by atoms with Crippen molar-refractivity contribution in [1.29, 1.82) is 0 Å². The SMILES string of the molecule is O=c1ccc(-c2ccccc2F)c2n1CC1CC2CN(S(=O)(=O)c2cccs2)C1. The number of rotatable bonds is 3. The number of sulfonamides is 1. The summed E-state index contributed by atoms with van der Waals surface area (Å²) in [5.41, 5.74) is 1.73. The monoisotopic (exact) mass is 430 g/mol. The predicted octanol–water partition coefficient (Wildman–Crippen LogP) is 3.52. The predicted molar refractivity (Wildman–Crippen MR) is 110 cm³/mol. The Balaban J connectivity index is 1.62. The molecule has 0 radical (unpaired) electrons. The van der Waals surface area contributed by atoms with E-state index in [2.05, 4.69) is 0 Å². The van der Waals surface area contributed by atoms with Crippen LogP contribution < -0.4 is 5.56 Å². The summed E-state index contributed by atoms with van der Waals surface area (Å²) >= 11 is 1.21. The minimum absolute atomic E-state index is 0.0598. The highest BCUT2D eigenvalue weighted by molar-refractivity contribution is 7.91. The highest BCUT2D eigenvalue weighted by atomic mass is 32.2. The fourth-order valence-electron chi connectivity index (χ4n) is 4.61. The van der Waals surface area contributed by atoms with Crippen molar-refractivity contribution in [3.8, 4) is 11.1 Å². The zero-order valence-electron chi connectivity index (χ0n) is 15.5. The molecule has 2 bridgehead atoms. The van der Waals surface area contributed by atoms with Crippen LogP contribution in [-0.2, 0) is 16.6 Å². The average Bonchev–Trinajstić information content (AvgIpc) is 3.25. The number of pyridine rings is 1. The maximum absolute atomic E-state index is 14.5. The molecule has 0 saturated carbocycles. The molecule has 0 spiro atoms. The Kier molecular flexibility index (Phi) is 4.45. The molecular weight excluding hydrogens is 411 g/mol. The van der Waals surface area contributed by atoms with Gasteiger partial charge >= 0.3 is 0 Å². The maximum atomic E-state index is 14.5. The molecule has 1 saturated heterocycles. The lowest BCUT2D eigenvalue weighted by Crippen LogP contribution is -2.49. The molecule has 4 heterocycles. The zero-order chi connectivity index (χ0) is 20.2. The van der Waals surface area contributed by atoms with Crippen molar-refractivity contribution in [2.45, 2.75) is 23.1 Å². The summed E-state index contributed by atoms with van der Waals surface area (Å²) in [5, 5.41) is 1.75. The van der Waals surface area contributed by atoms with Gasteiger partial charge < -0.3 is 4.57 Å². The Morgan fingerprint density at radius 3 is 2.55 bits per heavy atom. The first-order chi connectivity index (χ1) is 13.9. The van der Waals surface area contributed by atoms with E-state index in [1.54, 1.807) is 46.3 Å². The van der Waals surface area contributed by atoms with Gasteiger partial charge in [0.25, 0.3) is 15.6 Å². The molecule has 5 rings (SSSR count). The average molecular weight is 431 g/mol. The summed E-state index contributed by atoms with van der Waals surface area (Å²) in [6.45, 7) is 1.14. The van der Waals surface area contributed by atoms with Crippen LogP contribution in [-0.4, -0.2) is 30.4 Å². The summed E-state index contributed by atoms with van der Waals surface area (Å²) in [7, 11) is -3.57. The molecule has 8 heteroatoms. The molecule has 1 fully saturated rings. The van der Waals surface area contributed by atoms with E-state index in [0.717, 1.165) is 12.1 Å². The third-order valence-electron chi connectivity index (χ3n) is 5.81. The lowest BCUT2D eigenvalue weighted by Gasteiger charge is -2.42. The van der Waals surface area contributed by atoms with E-state index in [1.807, 2.05) is 0 Å². The molecule has 1 aromatic carbocycles. The van der Waals surface area contributed by atoms with Gasteiger partial charge in [0.1, 0.15) is 10.0 Å². The van der Waals surface area contributed by atoms with Gasteiger partial charge in [-0.2, -0.15) is 4.31 Å². The molecule has 2 atom stereocenters. The van der Waals surface area contributed by atoms with Gasteiger partial charge in [-0.05, 0) is 35.9 Å². The second-order valence-electron chi connectivity index (χ2n) is 7.61. The van der Waals surface area contributed by atoms with E-state index in [4.69, 9.17) is 0 Å². The van der Waals surface area contributed by atoms with Crippen molar-refractivity contribution in [1.82, 2.24) is 8.87 Å². The Labute approximate surface area is 172 Å². The second kappa shape index (κ2) is 6.90. The summed E-state index contributed by atoms with van der Waals surface area (Å²) in [4.78, 5) is 12.6. The smallest absolute Gasteiger partial charge is 0.252 e. The van der Waals surface area contributed by atoms with Gasteiger partial charge in [0.05, 0.1) is 0 Å². The standard InChI is InChI=1S/C21H19FN2O3S2/c22-18-5-2-1-4-16(18)17-7-8-19(25)24-12-14-10-15(21(17)24)13-23(11-14)29(26,27)20-6-3-9-28-20/h1-9,14-15H,10-13H2. The van der Waals surface area contributed by atoms with Gasteiger partial charge in [-0.3, -0.25) is 4.79 Å². The number of halogens is 1. The van der Waals surface area contributed by atoms with E-state index < -0.39 is 10.0 Å². The zero-order valence-corrected chi connectivity index (χ0v) is 17.1.